The van der Waals surface area contributed by atoms with Crippen molar-refractivity contribution < 1.29 is 0 Å². The fourth-order valence-electron chi connectivity index (χ4n) is 11.0. The van der Waals surface area contributed by atoms with Crippen LogP contribution in [0.15, 0.2) is 206 Å². The van der Waals surface area contributed by atoms with Gasteiger partial charge in [-0.1, -0.05) is 188 Å². The molecule has 13 rings (SSSR count). The average Bonchev–Trinajstić information content (AvgIpc) is 3.77. The fraction of sp³-hybridized carbons (Fsp3) is 0.0175. The third-order valence-corrected chi connectivity index (χ3v) is 13.2. The molecule has 0 atom stereocenters. The first-order chi connectivity index (χ1) is 28.3. The normalized spacial score (nSPS) is 13.4. The zero-order valence-corrected chi connectivity index (χ0v) is 31.1. The van der Waals surface area contributed by atoms with Crippen LogP contribution >= 0.6 is 0 Å². The molecule has 0 aromatic heterocycles. The molecule has 0 amide bonds. The minimum atomic E-state index is -0.473. The van der Waals surface area contributed by atoms with Crippen LogP contribution in [0, 0.1) is 0 Å². The van der Waals surface area contributed by atoms with Crippen molar-refractivity contribution in [3.8, 4) is 44.5 Å². The molecule has 11 aromatic carbocycles. The summed E-state index contributed by atoms with van der Waals surface area (Å²) in [4.78, 5) is 0. The van der Waals surface area contributed by atoms with Gasteiger partial charge in [0.1, 0.15) is 0 Å². The standard InChI is InChI=1S/C57H34/c1-2-17-40-38(14-1)34-51(45-21-4-3-18-42(40)45)37-16-13-15-35(32-37)36-28-30-41-39(33-36)29-31-50-54-48-24-7-5-19-43(48)44-20-6-8-25-49(44)56(54)57(55(41)50)52-26-11-9-22-46(52)47-23-10-12-27-53(47)57/h1-34H. The predicted molar refractivity (Wildman–Crippen MR) is 241 cm³/mol. The summed E-state index contributed by atoms with van der Waals surface area (Å²) < 4.78 is 0. The van der Waals surface area contributed by atoms with Gasteiger partial charge in [-0.05, 0) is 139 Å². The van der Waals surface area contributed by atoms with E-state index in [-0.39, 0.29) is 0 Å². The van der Waals surface area contributed by atoms with Crippen molar-refractivity contribution in [3.63, 3.8) is 0 Å². The largest absolute Gasteiger partial charge is 0.0737 e. The minimum absolute atomic E-state index is 0.473. The van der Waals surface area contributed by atoms with Crippen molar-refractivity contribution in [2.75, 3.05) is 0 Å². The second kappa shape index (κ2) is 11.4. The van der Waals surface area contributed by atoms with E-state index in [1.807, 2.05) is 0 Å². The molecule has 2 aliphatic carbocycles. The Hall–Kier alpha value is -7.28. The van der Waals surface area contributed by atoms with E-state index in [0.717, 1.165) is 0 Å². The number of fused-ring (bicyclic) bond motifs is 20. The Balaban J connectivity index is 1.08. The summed E-state index contributed by atoms with van der Waals surface area (Å²) in [6.07, 6.45) is 0. The van der Waals surface area contributed by atoms with Gasteiger partial charge in [-0.25, -0.2) is 0 Å². The lowest BCUT2D eigenvalue weighted by Gasteiger charge is -2.32. The Bertz CT molecular complexity index is 3480. The zero-order chi connectivity index (χ0) is 37.2. The molecular weight excluding hydrogens is 685 g/mol. The van der Waals surface area contributed by atoms with Gasteiger partial charge in [0.25, 0.3) is 0 Å². The molecule has 0 saturated heterocycles. The predicted octanol–water partition coefficient (Wildman–Crippen LogP) is 15.1. The molecule has 0 heterocycles. The van der Waals surface area contributed by atoms with Crippen LogP contribution in [0.5, 0.6) is 0 Å². The van der Waals surface area contributed by atoms with E-state index < -0.39 is 5.41 Å². The molecular formula is C57H34. The summed E-state index contributed by atoms with van der Waals surface area (Å²) in [6.45, 7) is 0. The van der Waals surface area contributed by atoms with E-state index in [1.165, 1.54) is 121 Å². The van der Waals surface area contributed by atoms with Crippen LogP contribution in [0.3, 0.4) is 0 Å². The molecule has 1 spiro atoms. The molecule has 0 aliphatic heterocycles. The van der Waals surface area contributed by atoms with Crippen molar-refractivity contribution in [3.05, 3.63) is 229 Å². The lowest BCUT2D eigenvalue weighted by molar-refractivity contribution is 0.809. The zero-order valence-electron chi connectivity index (χ0n) is 31.1. The lowest BCUT2D eigenvalue weighted by atomic mass is 9.68. The maximum Gasteiger partial charge on any atom is 0.0737 e. The average molecular weight is 719 g/mol. The number of rotatable bonds is 2. The molecule has 0 bridgehead atoms. The van der Waals surface area contributed by atoms with Gasteiger partial charge in [0, 0.05) is 0 Å². The summed E-state index contributed by atoms with van der Waals surface area (Å²) >= 11 is 0. The van der Waals surface area contributed by atoms with Gasteiger partial charge >= 0.3 is 0 Å². The van der Waals surface area contributed by atoms with Gasteiger partial charge in [0.15, 0.2) is 0 Å². The quantitative estimate of drug-likeness (QED) is 0.156. The highest BCUT2D eigenvalue weighted by Crippen LogP contribution is 2.66. The first kappa shape index (κ1) is 31.0. The Morgan fingerprint density at radius 2 is 0.789 bits per heavy atom. The van der Waals surface area contributed by atoms with Crippen LogP contribution in [0.25, 0.3) is 98.4 Å². The highest BCUT2D eigenvalue weighted by atomic mass is 14.5. The van der Waals surface area contributed by atoms with Crippen LogP contribution < -0.4 is 0 Å². The van der Waals surface area contributed by atoms with Gasteiger partial charge in [0.05, 0.1) is 5.41 Å². The molecule has 0 unspecified atom stereocenters. The first-order valence-electron chi connectivity index (χ1n) is 20.0. The van der Waals surface area contributed by atoms with Crippen LogP contribution in [0.4, 0.5) is 0 Å². The number of hydrogen-bond donors (Lipinski definition) is 0. The maximum atomic E-state index is 2.43. The molecule has 0 fully saturated rings. The smallest absolute Gasteiger partial charge is 0.0619 e. The van der Waals surface area contributed by atoms with Crippen LogP contribution in [-0.4, -0.2) is 0 Å². The molecule has 0 N–H and O–H groups in total. The van der Waals surface area contributed by atoms with Gasteiger partial charge in [-0.3, -0.25) is 0 Å². The van der Waals surface area contributed by atoms with E-state index in [9.17, 15) is 0 Å². The van der Waals surface area contributed by atoms with Crippen molar-refractivity contribution in [2.45, 2.75) is 5.41 Å². The van der Waals surface area contributed by atoms with E-state index >= 15 is 0 Å². The number of hydrogen-bond acceptors (Lipinski definition) is 0. The monoisotopic (exact) mass is 718 g/mol. The van der Waals surface area contributed by atoms with Crippen molar-refractivity contribution in [1.82, 2.24) is 0 Å². The fourth-order valence-corrected chi connectivity index (χ4v) is 11.0. The van der Waals surface area contributed by atoms with Gasteiger partial charge in [-0.2, -0.15) is 0 Å². The lowest BCUT2D eigenvalue weighted by Crippen LogP contribution is -2.26. The third kappa shape index (κ3) is 4.02. The molecule has 0 saturated carbocycles. The van der Waals surface area contributed by atoms with Gasteiger partial charge < -0.3 is 0 Å². The summed E-state index contributed by atoms with van der Waals surface area (Å²) in [5, 5.41) is 13.0. The highest BCUT2D eigenvalue weighted by molar-refractivity contribution is 6.21. The first-order valence-corrected chi connectivity index (χ1v) is 20.0. The second-order valence-electron chi connectivity index (χ2n) is 15.9. The Morgan fingerprint density at radius 3 is 1.54 bits per heavy atom. The van der Waals surface area contributed by atoms with Crippen molar-refractivity contribution in [1.29, 1.82) is 0 Å². The van der Waals surface area contributed by atoms with Crippen molar-refractivity contribution >= 4 is 53.9 Å². The highest BCUT2D eigenvalue weighted by Gasteiger charge is 2.53. The van der Waals surface area contributed by atoms with Crippen LogP contribution in [-0.2, 0) is 5.41 Å². The maximum absolute atomic E-state index is 2.43. The van der Waals surface area contributed by atoms with E-state index in [0.29, 0.717) is 0 Å². The van der Waals surface area contributed by atoms with E-state index in [2.05, 4.69) is 206 Å². The van der Waals surface area contributed by atoms with Crippen molar-refractivity contribution in [2.24, 2.45) is 0 Å². The second-order valence-corrected chi connectivity index (χ2v) is 15.9. The summed E-state index contributed by atoms with van der Waals surface area (Å²) in [5.41, 5.74) is 15.4. The van der Waals surface area contributed by atoms with Gasteiger partial charge in [-0.15, -0.1) is 0 Å². The van der Waals surface area contributed by atoms with Gasteiger partial charge in [0.2, 0.25) is 0 Å². The molecule has 0 nitrogen and oxygen atoms in total. The SMILES string of the molecule is c1cc(-c2ccc3c4c(ccc3c2)-c2c(c3ccccc3c3ccccc23)C42c3ccccc3-c3ccccc32)cc(-c2cc3ccccc3c3ccccc23)c1. The Labute approximate surface area is 330 Å². The third-order valence-electron chi connectivity index (χ3n) is 13.2. The Morgan fingerprint density at radius 1 is 0.246 bits per heavy atom. The molecule has 0 heteroatoms. The molecule has 57 heavy (non-hydrogen) atoms. The van der Waals surface area contributed by atoms with E-state index in [1.54, 1.807) is 0 Å². The van der Waals surface area contributed by atoms with Crippen LogP contribution in [0.1, 0.15) is 22.3 Å². The minimum Gasteiger partial charge on any atom is -0.0619 e. The molecule has 0 radical (unpaired) electrons. The summed E-state index contributed by atoms with van der Waals surface area (Å²) in [5.74, 6) is 0. The molecule has 262 valence electrons. The number of benzene rings is 11. The molecule has 2 aliphatic rings. The molecule has 11 aromatic rings. The Kier molecular flexibility index (Phi) is 6.19. The summed E-state index contributed by atoms with van der Waals surface area (Å²) in [6, 6.07) is 77.5. The van der Waals surface area contributed by atoms with Crippen LogP contribution in [0.2, 0.25) is 0 Å². The topological polar surface area (TPSA) is 0 Å². The van der Waals surface area contributed by atoms with E-state index in [4.69, 9.17) is 0 Å². The summed E-state index contributed by atoms with van der Waals surface area (Å²) in [7, 11) is 0.